The van der Waals surface area contributed by atoms with Crippen molar-refractivity contribution in [2.24, 2.45) is 139 Å². The summed E-state index contributed by atoms with van der Waals surface area (Å²) < 4.78 is 21.4. The molecule has 10 heteroatoms. The number of carbonyl (C=O) groups is 4. The zero-order chi connectivity index (χ0) is 62.8. The van der Waals surface area contributed by atoms with Crippen molar-refractivity contribution in [1.82, 2.24) is 0 Å². The second kappa shape index (κ2) is 26.7. The molecule has 0 aromatic heterocycles. The second-order valence-corrected chi connectivity index (χ2v) is 34.5. The number of ketones is 2. The van der Waals surface area contributed by atoms with Crippen LogP contribution in [0.1, 0.15) is 262 Å². The van der Waals surface area contributed by atoms with Crippen molar-refractivity contribution >= 4 is 23.5 Å². The number of Topliss-reactive ketones (excluding diaryl/α,β-unsaturated/α-hetero) is 1. The molecule has 12 aliphatic carbocycles. The number of fused-ring (bicyclic) bond motifs is 15. The van der Waals surface area contributed by atoms with E-state index in [0.717, 1.165) is 112 Å². The summed E-state index contributed by atoms with van der Waals surface area (Å²) in [7, 11) is 4.66. The van der Waals surface area contributed by atoms with Gasteiger partial charge in [0.25, 0.3) is 0 Å². The van der Waals surface area contributed by atoms with E-state index in [1.54, 1.807) is 7.11 Å². The predicted molar refractivity (Wildman–Crippen MR) is 345 cm³/mol. The van der Waals surface area contributed by atoms with Crippen molar-refractivity contribution < 1.29 is 48.3 Å². The smallest absolute Gasteiger partial charge is 0.305 e. The summed E-state index contributed by atoms with van der Waals surface area (Å²) >= 11 is 0. The number of methoxy groups -OCH3 is 3. The lowest BCUT2D eigenvalue weighted by Crippen LogP contribution is -2.58. The number of hydrogen-bond acceptors (Lipinski definition) is 10. The second-order valence-electron chi connectivity index (χ2n) is 34.5. The molecule has 0 aromatic rings. The van der Waals surface area contributed by atoms with E-state index in [1.165, 1.54) is 123 Å². The van der Waals surface area contributed by atoms with E-state index in [2.05, 4.69) is 76.2 Å². The lowest BCUT2D eigenvalue weighted by molar-refractivity contribution is -0.174. The third kappa shape index (κ3) is 12.3. The normalized spacial score (nSPS) is 47.7. The van der Waals surface area contributed by atoms with Crippen LogP contribution in [-0.2, 0) is 38.1 Å². The van der Waals surface area contributed by atoms with E-state index >= 15 is 0 Å². The Morgan fingerprint density at radius 1 is 0.552 bits per heavy atom. The van der Waals surface area contributed by atoms with Crippen LogP contribution in [0.4, 0.5) is 0 Å². The first-order valence-electron chi connectivity index (χ1n) is 36.6. The first-order valence-corrected chi connectivity index (χ1v) is 36.6. The first-order chi connectivity index (χ1) is 41.3. The minimum Gasteiger partial charge on any atom is -0.469 e. The Balaban J connectivity index is 0.000000145. The van der Waals surface area contributed by atoms with Gasteiger partial charge >= 0.3 is 11.9 Å². The van der Waals surface area contributed by atoms with Gasteiger partial charge in [0.05, 0.1) is 32.5 Å². The van der Waals surface area contributed by atoms with Crippen molar-refractivity contribution in [3.05, 3.63) is 11.6 Å². The van der Waals surface area contributed by atoms with Gasteiger partial charge in [0.15, 0.2) is 5.78 Å². The molecule has 87 heavy (non-hydrogen) atoms. The van der Waals surface area contributed by atoms with Crippen LogP contribution >= 0.6 is 0 Å². The summed E-state index contributed by atoms with van der Waals surface area (Å²) in [4.78, 5) is 47.8. The predicted octanol–water partition coefficient (Wildman–Crippen LogP) is 16.8. The van der Waals surface area contributed by atoms with Crippen LogP contribution in [0, 0.1) is 139 Å². The van der Waals surface area contributed by atoms with Crippen molar-refractivity contribution in [2.75, 3.05) is 28.1 Å². The summed E-state index contributed by atoms with van der Waals surface area (Å²) in [6.07, 6.45) is 33.7. The van der Waals surface area contributed by atoms with Crippen molar-refractivity contribution in [1.29, 1.82) is 0 Å². The summed E-state index contributed by atoms with van der Waals surface area (Å²) in [5.74, 6) is 12.8. The van der Waals surface area contributed by atoms with Crippen LogP contribution in [0.15, 0.2) is 11.6 Å². The molecular formula is C77H126O10. The van der Waals surface area contributed by atoms with Crippen LogP contribution in [0.25, 0.3) is 0 Å². The van der Waals surface area contributed by atoms with Crippen molar-refractivity contribution in [3.8, 4) is 0 Å². The Morgan fingerprint density at radius 2 is 1.05 bits per heavy atom. The Hall–Kier alpha value is -2.14. The molecule has 0 heterocycles. The molecule has 9 unspecified atom stereocenters. The van der Waals surface area contributed by atoms with Crippen LogP contribution in [-0.4, -0.2) is 80.2 Å². The summed E-state index contributed by atoms with van der Waals surface area (Å²) in [6, 6.07) is 0. The third-order valence-electron chi connectivity index (χ3n) is 30.9. The molecule has 0 amide bonds. The number of rotatable bonds is 14. The van der Waals surface area contributed by atoms with Gasteiger partial charge in [0.2, 0.25) is 0 Å². The maximum atomic E-state index is 12.2. The molecule has 2 N–H and O–H groups in total. The molecular weight excluding hydrogens is 1080 g/mol. The number of carbonyl (C=O) groups excluding carboxylic acids is 4. The summed E-state index contributed by atoms with van der Waals surface area (Å²) in [5, 5.41) is 21.5. The molecule has 10 nitrogen and oxygen atoms in total. The van der Waals surface area contributed by atoms with Gasteiger partial charge in [-0.05, 0) is 286 Å². The fourth-order valence-electron chi connectivity index (χ4n) is 26.3. The van der Waals surface area contributed by atoms with Gasteiger partial charge in [-0.1, -0.05) is 94.6 Å². The number of aliphatic hydroxyl groups is 2. The first kappa shape index (κ1) is 67.7. The molecule has 27 atom stereocenters. The van der Waals surface area contributed by atoms with Gasteiger partial charge in [-0.3, -0.25) is 19.2 Å². The van der Waals surface area contributed by atoms with Crippen LogP contribution in [0.5, 0.6) is 0 Å². The molecule has 0 spiro atoms. The molecule has 11 fully saturated rings. The average Bonchev–Trinajstić information content (AvgIpc) is 1.85. The van der Waals surface area contributed by atoms with Crippen molar-refractivity contribution in [3.63, 3.8) is 0 Å². The molecule has 494 valence electrons. The lowest BCUT2D eigenvalue weighted by Gasteiger charge is -2.62. The van der Waals surface area contributed by atoms with Gasteiger partial charge in [-0.15, -0.1) is 0 Å². The molecule has 0 bridgehead atoms. The maximum absolute atomic E-state index is 12.2. The Labute approximate surface area is 528 Å². The molecule has 0 saturated heterocycles. The topological polar surface area (TPSA) is 146 Å². The number of aliphatic hydroxyl groups excluding tert-OH is 2. The maximum Gasteiger partial charge on any atom is 0.305 e. The molecule has 0 aromatic carbocycles. The average molecular weight is 1210 g/mol. The minimum absolute atomic E-state index is 0.0630. The van der Waals surface area contributed by atoms with Gasteiger partial charge in [-0.25, -0.2) is 0 Å². The highest BCUT2D eigenvalue weighted by Gasteiger charge is 2.66. The fourth-order valence-corrected chi connectivity index (χ4v) is 26.3. The Bertz CT molecular complexity index is 2450. The van der Waals surface area contributed by atoms with Gasteiger partial charge in [0.1, 0.15) is 12.6 Å². The van der Waals surface area contributed by atoms with Crippen LogP contribution in [0.3, 0.4) is 0 Å². The summed E-state index contributed by atoms with van der Waals surface area (Å²) in [5.41, 5.74) is 3.36. The number of ether oxygens (including phenoxy) is 4. The highest BCUT2D eigenvalue weighted by Crippen LogP contribution is 2.72. The zero-order valence-electron chi connectivity index (χ0n) is 57.6. The number of hydrogen-bond donors (Lipinski definition) is 2. The van der Waals surface area contributed by atoms with E-state index in [1.807, 2.05) is 6.08 Å². The fraction of sp³-hybridized carbons (Fsp3) is 0.922. The van der Waals surface area contributed by atoms with Gasteiger partial charge < -0.3 is 29.2 Å². The quantitative estimate of drug-likeness (QED) is 0.127. The van der Waals surface area contributed by atoms with E-state index in [9.17, 15) is 29.4 Å². The SMILES string of the molecule is CCC[C@@H](C)[C@H]1CCC2C3C(CC[C@@]21C)[C@@]1(C)CC[C@@H](O)C[C@H]1C[C@H]3O.COC(=O)CC[C@@H](C)[C@H]1CCC2C3C(CC[C@@]21C)[C@@]1(C)CCC(=O)C[C@H]1C[C@H]3C.COCO[C@@H]1CC2=CC(=O)CC[C@]2(C)C2CC[C@@]3(C)C(CC[C@@H]3[C@H](C)CCC(=O)OC)C21. The molecule has 12 rings (SSSR count). The lowest BCUT2D eigenvalue weighted by atomic mass is 9.42. The van der Waals surface area contributed by atoms with Crippen LogP contribution in [0.2, 0.25) is 0 Å². The molecule has 11 saturated carbocycles. The van der Waals surface area contributed by atoms with Gasteiger partial charge in [-0.2, -0.15) is 0 Å². The summed E-state index contributed by atoms with van der Waals surface area (Å²) in [6.45, 7) is 27.5. The number of esters is 2. The zero-order valence-corrected chi connectivity index (χ0v) is 57.6. The Kier molecular flexibility index (Phi) is 20.8. The molecule has 0 aliphatic heterocycles. The Morgan fingerprint density at radius 3 is 1.60 bits per heavy atom. The monoisotopic (exact) mass is 1210 g/mol. The van der Waals surface area contributed by atoms with E-state index in [-0.39, 0.29) is 46.9 Å². The van der Waals surface area contributed by atoms with Crippen LogP contribution < -0.4 is 0 Å². The molecule has 12 aliphatic rings. The van der Waals surface area contributed by atoms with Gasteiger partial charge in [0, 0.05) is 39.2 Å². The highest BCUT2D eigenvalue weighted by molar-refractivity contribution is 5.91. The van der Waals surface area contributed by atoms with Crippen molar-refractivity contribution in [2.45, 2.75) is 281 Å². The van der Waals surface area contributed by atoms with E-state index in [4.69, 9.17) is 18.9 Å². The molecule has 0 radical (unpaired) electrons. The highest BCUT2D eigenvalue weighted by atomic mass is 16.7. The standard InChI is InChI=1S/C27H42O5.C26H42O3.C24H42O2/c1-17(6-9-24(29)31-5)20-7-8-21-25-22(11-13-27(20,21)3)26(2)12-10-19(28)14-18(26)15-23(25)32-16-30-4;1-16(6-9-23(28)29-5)20-7-8-21-24-17(2)14-18-15-19(27)10-12-25(18,3)22(24)11-13-26(20,21)4;1-5-6-15(2)18-7-8-19-22-20(10-12-24(18,19)4)23(3)11-9-17(25)13-16(23)14-21(22)26/h14,17,20-23,25H,6-13,15-16H2,1-5H3;16-18,20-22,24H,6-15H2,1-5H3;15-22,25-26H,5-14H2,1-4H3/t17-,20-,21?,22?,23-,25?,26+,27-;16-,17-,18-,20-,21?,22?,24?,25+,26-;15-,16+,17-,18-,19?,20?,21-,22?,23+,24-/m111/s1. The van der Waals surface area contributed by atoms with E-state index in [0.29, 0.717) is 113 Å². The third-order valence-corrected chi connectivity index (χ3v) is 30.9. The largest absolute Gasteiger partial charge is 0.469 e. The minimum atomic E-state index is -0.131. The van der Waals surface area contributed by atoms with E-state index < -0.39 is 0 Å².